The Kier molecular flexibility index (Phi) is 53.2. The maximum absolute atomic E-state index is 5.80. The van der Waals surface area contributed by atoms with E-state index in [-0.39, 0.29) is 16.2 Å². The van der Waals surface area contributed by atoms with Gasteiger partial charge in [0.1, 0.15) is 68.9 Å². The van der Waals surface area contributed by atoms with Crippen molar-refractivity contribution < 1.29 is 40.4 Å². The lowest BCUT2D eigenvalue weighted by molar-refractivity contribution is 0.174. The summed E-state index contributed by atoms with van der Waals surface area (Å²) >= 11 is 1.95. The highest BCUT2D eigenvalue weighted by molar-refractivity contribution is 7.12. The summed E-state index contributed by atoms with van der Waals surface area (Å²) in [4.78, 5) is 2.97. The van der Waals surface area contributed by atoms with E-state index in [1.54, 1.807) is 4.88 Å². The lowest BCUT2D eigenvalue weighted by atomic mass is 9.70. The van der Waals surface area contributed by atoms with E-state index in [0.29, 0.717) is 142 Å². The first-order valence-corrected chi connectivity index (χ1v) is 55.1. The van der Waals surface area contributed by atoms with Gasteiger partial charge in [-0.2, -0.15) is 0 Å². The molecule has 0 unspecified atom stereocenters. The van der Waals surface area contributed by atoms with Crippen molar-refractivity contribution >= 4 is 22.3 Å². The third kappa shape index (κ3) is 41.0. The highest BCUT2D eigenvalue weighted by Gasteiger charge is 2.36. The molecule has 9 nitrogen and oxygen atoms in total. The second kappa shape index (κ2) is 59.0. The molecule has 9 heterocycles. The van der Waals surface area contributed by atoms with Crippen molar-refractivity contribution in [3.63, 3.8) is 0 Å². The minimum atomic E-state index is 0.250. The number of para-hydroxylation sites is 1. The molecule has 8 atom stereocenters. The first-order valence-electron chi connectivity index (χ1n) is 54.3. The summed E-state index contributed by atoms with van der Waals surface area (Å²) in [6.07, 6.45) is 7.38. The molecule has 0 spiro atoms. The van der Waals surface area contributed by atoms with Crippen molar-refractivity contribution in [3.8, 4) is 11.5 Å². The molecule has 10 heteroatoms. The molecule has 3 aromatic carbocycles. The minimum Gasteiger partial charge on any atom is -0.469 e. The Hall–Kier alpha value is -7.82. The maximum atomic E-state index is 5.80. The fourth-order valence-corrected chi connectivity index (χ4v) is 22.8. The van der Waals surface area contributed by atoms with E-state index < -0.39 is 0 Å². The van der Waals surface area contributed by atoms with Crippen LogP contribution < -0.4 is 9.47 Å². The van der Waals surface area contributed by atoms with Crippen LogP contribution in [0.25, 0.3) is 11.0 Å². The number of hydrogen-bond acceptors (Lipinski definition) is 10. The minimum absolute atomic E-state index is 0.250. The highest BCUT2D eigenvalue weighted by Crippen LogP contribution is 2.48. The van der Waals surface area contributed by atoms with Crippen LogP contribution in [0.1, 0.15) is 496 Å². The molecule has 0 amide bonds. The molecule has 0 saturated carbocycles. The van der Waals surface area contributed by atoms with Gasteiger partial charge in [-0.15, -0.1) is 11.3 Å². The molecular formula is C130H208O9S. The van der Waals surface area contributed by atoms with E-state index in [1.807, 2.05) is 88.0 Å². The van der Waals surface area contributed by atoms with Crippen molar-refractivity contribution in [3.05, 3.63) is 259 Å². The Morgan fingerprint density at radius 1 is 0.286 bits per heavy atom. The number of ether oxygens (including phenoxy) is 2. The summed E-state index contributed by atoms with van der Waals surface area (Å²) < 4.78 is 50.8. The topological polar surface area (TPSA) is 110 Å². The summed E-state index contributed by atoms with van der Waals surface area (Å²) in [7, 11) is 0. The molecule has 0 saturated heterocycles. The molecule has 140 heavy (non-hydrogen) atoms. The van der Waals surface area contributed by atoms with E-state index in [1.165, 1.54) is 44.5 Å². The van der Waals surface area contributed by atoms with E-state index in [9.17, 15) is 0 Å². The van der Waals surface area contributed by atoms with Gasteiger partial charge in [-0.05, 0) is 296 Å². The zero-order valence-electron chi connectivity index (χ0n) is 98.8. The Labute approximate surface area is 863 Å². The lowest BCUT2D eigenvalue weighted by Gasteiger charge is -2.34. The van der Waals surface area contributed by atoms with Crippen molar-refractivity contribution in [1.29, 1.82) is 0 Å². The van der Waals surface area contributed by atoms with Crippen LogP contribution in [0.3, 0.4) is 0 Å². The van der Waals surface area contributed by atoms with Crippen LogP contribution in [-0.2, 0) is 0 Å². The quantitative estimate of drug-likeness (QED) is 0.0497. The monoisotopic (exact) mass is 1950 g/mol. The van der Waals surface area contributed by atoms with Crippen LogP contribution in [0.5, 0.6) is 11.5 Å². The third-order valence-electron chi connectivity index (χ3n) is 28.0. The van der Waals surface area contributed by atoms with E-state index in [4.69, 9.17) is 40.4 Å². The van der Waals surface area contributed by atoms with Crippen LogP contribution in [-0.4, -0.2) is 6.79 Å². The maximum Gasteiger partial charge on any atom is 0.231 e. The van der Waals surface area contributed by atoms with Gasteiger partial charge < -0.3 is 40.4 Å². The molecule has 0 aliphatic carbocycles. The van der Waals surface area contributed by atoms with Gasteiger partial charge in [0.05, 0.1) is 12.5 Å². The molecule has 0 radical (unpaired) electrons. The van der Waals surface area contributed by atoms with Gasteiger partial charge >= 0.3 is 0 Å². The van der Waals surface area contributed by atoms with Gasteiger partial charge in [-0.1, -0.05) is 359 Å². The normalized spacial score (nSPS) is 14.0. The highest BCUT2D eigenvalue weighted by atomic mass is 32.1. The van der Waals surface area contributed by atoms with Gasteiger partial charge in [0.15, 0.2) is 11.5 Å². The molecule has 788 valence electrons. The largest absolute Gasteiger partial charge is 0.469 e. The van der Waals surface area contributed by atoms with Gasteiger partial charge in [0.25, 0.3) is 0 Å². The fraction of sp³-hybridized carbons (Fsp3) is 0.631. The van der Waals surface area contributed by atoms with Crippen LogP contribution in [0.2, 0.25) is 0 Å². The molecule has 12 rings (SSSR count). The second-order valence-electron chi connectivity index (χ2n) is 49.5. The summed E-state index contributed by atoms with van der Waals surface area (Å²) in [6, 6.07) is 51.1. The molecule has 1 aliphatic rings. The fourth-order valence-electron chi connectivity index (χ4n) is 21.5. The van der Waals surface area contributed by atoms with Gasteiger partial charge in [-0.25, -0.2) is 0 Å². The Balaban J connectivity index is 0.000000401. The standard InChI is InChI=1S/C15H22O2.C15H26O.C13H16O.3C13H22O.C13H22S.C12H20O.C12H18.C11H18O/c1-10(2)14(15(3,4)5)11-6-7-12-13(8-11)17-9-16-12;1-10(2)12-8-13(16-9-12)14(11(3)4)15(5,6)7;1-9(2)10(3)13-8-11-6-4-5-7-12(11)14-13;1-9(2)12(13(4,5)6)11-8-7-10(3)14-11;1-8(2)13(9(3)4)12-7-10(5)11(6)14-12;1-6-12(10(4)5)13-7-11(8-14-13)9(2)3;1-9(2)12(13(4,5)6)11-8-7-10(3)14-11;1-8(2)12(9(3)4)11-7-6-10(5)13-11;1-4-12(10(2)3)11-8-6-5-7-9-11;1-5-10(8(2)3)11-7-6-9(4)12-11/h6-8,10,14H,9H2,1-5H3;8-11,14H,1-7H3;4-10H,1-3H3;7-9,12H,1-6H3;7-9,13H,1-6H3;7-10,12H,6H2,1-5H3;7-9,12H,1-6H3;6-9,12H,1-5H3;5-10,12H,4H2,1-3H3;6-8,10H,5H2,1-4H3/t2*14-;10-;12-;;2*12-;;12-;10-/m0000.00.00/s1. The third-order valence-corrected chi connectivity index (χ3v) is 29.1. The van der Waals surface area contributed by atoms with Crippen molar-refractivity contribution in [1.82, 2.24) is 0 Å². The summed E-state index contributed by atoms with van der Waals surface area (Å²) in [5.41, 5.74) is 8.85. The van der Waals surface area contributed by atoms with Crippen molar-refractivity contribution in [2.75, 3.05) is 6.79 Å². The molecule has 0 fully saturated rings. The Morgan fingerprint density at radius 2 is 0.686 bits per heavy atom. The number of benzene rings is 3. The SMILES string of the molecule is CC(C)[C@@H](c1ccc2c(c1)OCO2)C(C)(C)C.CC(C)[C@H](C)c1cc2ccccc2o1.CC(C)c1coc([C@H](C(C)C)C(C)(C)C)c1.CC[C@H](c1cc(C(C)C)co1)C(C)C.CC[C@H](c1ccc(C)o1)C(C)C.CC[C@H](c1ccccc1)C(C)C.Cc1cc(C(C(C)C)C(C)C)oc1C.Cc1ccc(C(C(C)C)C(C)C)o1.Cc1ccc([C@H](C(C)C)C(C)(C)C)o1.Cc1ccc([C@H](C(C)C)C(C)(C)C)s1. The average molecular weight is 1950 g/mol. The van der Waals surface area contributed by atoms with Crippen LogP contribution in [0.4, 0.5) is 0 Å². The number of rotatable bonds is 27. The lowest BCUT2D eigenvalue weighted by Crippen LogP contribution is -2.23. The smallest absolute Gasteiger partial charge is 0.231 e. The van der Waals surface area contributed by atoms with Crippen LogP contribution >= 0.6 is 11.3 Å². The second-order valence-corrected chi connectivity index (χ2v) is 50.8. The molecule has 8 aromatic heterocycles. The van der Waals surface area contributed by atoms with E-state index in [0.717, 1.165) is 105 Å². The van der Waals surface area contributed by atoms with Crippen LogP contribution in [0, 0.1) is 134 Å². The predicted octanol–water partition coefficient (Wildman–Crippen LogP) is 43.2. The molecule has 0 bridgehead atoms. The summed E-state index contributed by atoms with van der Waals surface area (Å²) in [5.74, 6) is 28.4. The van der Waals surface area contributed by atoms with Gasteiger partial charge in [0.2, 0.25) is 6.79 Å². The van der Waals surface area contributed by atoms with Gasteiger partial charge in [-0.3, -0.25) is 0 Å². The van der Waals surface area contributed by atoms with Crippen molar-refractivity contribution in [2.45, 2.75) is 436 Å². The first kappa shape index (κ1) is 126. The summed E-state index contributed by atoms with van der Waals surface area (Å²) in [6.45, 7) is 112. The summed E-state index contributed by atoms with van der Waals surface area (Å²) in [5, 5.41) is 1.20. The number of furan rings is 7. The van der Waals surface area contributed by atoms with Crippen molar-refractivity contribution in [2.24, 2.45) is 92.7 Å². The zero-order chi connectivity index (χ0) is 107. The number of thiophene rings is 1. The molecular weight excluding hydrogens is 1740 g/mol. The van der Waals surface area contributed by atoms with E-state index in [2.05, 4.69) is 428 Å². The molecule has 0 N–H and O–H groups in total. The zero-order valence-corrected chi connectivity index (χ0v) is 99.6. The average Bonchev–Trinajstić information content (AvgIpc) is 1.64. The molecule has 1 aliphatic heterocycles. The number of hydrogen-bond donors (Lipinski definition) is 0. The first-order chi connectivity index (χ1) is 64.9. The van der Waals surface area contributed by atoms with Gasteiger partial charge in [0, 0.05) is 62.5 Å². The molecule has 11 aromatic rings. The van der Waals surface area contributed by atoms with Crippen LogP contribution in [0.15, 0.2) is 189 Å². The number of aryl methyl sites for hydroxylation is 6. The number of fused-ring (bicyclic) bond motifs is 2. The Bertz CT molecular complexity index is 4980. The van der Waals surface area contributed by atoms with E-state index >= 15 is 0 Å². The Morgan fingerprint density at radius 3 is 1.05 bits per heavy atom. The predicted molar refractivity (Wildman–Crippen MR) is 608 cm³/mol.